The van der Waals surface area contributed by atoms with Gasteiger partial charge in [-0.15, -0.1) is 0 Å². The van der Waals surface area contributed by atoms with Crippen molar-refractivity contribution in [3.05, 3.63) is 76.1 Å². The highest BCUT2D eigenvalue weighted by molar-refractivity contribution is 5.79. The highest BCUT2D eigenvalue weighted by Crippen LogP contribution is 2.33. The minimum absolute atomic E-state index is 0.0934. The zero-order valence-electron chi connectivity index (χ0n) is 15.5. The first-order chi connectivity index (χ1) is 13.1. The molecule has 27 heavy (non-hydrogen) atoms. The SMILES string of the molecule is CN(C(=O)CCn1ncc(=O)c2ccccc21)[C@H]1CCCc2ccccc21. The second kappa shape index (κ2) is 7.35. The summed E-state index contributed by atoms with van der Waals surface area (Å²) in [4.78, 5) is 26.7. The lowest BCUT2D eigenvalue weighted by atomic mass is 9.87. The van der Waals surface area contributed by atoms with Gasteiger partial charge in [-0.2, -0.15) is 5.10 Å². The van der Waals surface area contributed by atoms with Crippen LogP contribution >= 0.6 is 0 Å². The number of hydrogen-bond donors (Lipinski definition) is 0. The number of aryl methyl sites for hydroxylation is 2. The number of benzene rings is 2. The Morgan fingerprint density at radius 3 is 2.85 bits per heavy atom. The summed E-state index contributed by atoms with van der Waals surface area (Å²) in [6.45, 7) is 0.457. The Morgan fingerprint density at radius 2 is 1.96 bits per heavy atom. The van der Waals surface area contributed by atoms with Crippen molar-refractivity contribution < 1.29 is 4.79 Å². The standard InChI is InChI=1S/C22H23N3O2/c1-24(19-12-6-8-16-7-2-3-9-17(16)19)22(27)13-14-25-20-11-5-4-10-18(20)21(26)15-23-25/h2-5,7,9-11,15,19H,6,8,12-14H2,1H3/t19-/m0/s1. The summed E-state index contributed by atoms with van der Waals surface area (Å²) in [6.07, 6.45) is 4.87. The van der Waals surface area contributed by atoms with E-state index in [1.807, 2.05) is 36.2 Å². The van der Waals surface area contributed by atoms with E-state index >= 15 is 0 Å². The quantitative estimate of drug-likeness (QED) is 0.716. The molecule has 4 rings (SSSR count). The molecular formula is C22H23N3O2. The largest absolute Gasteiger partial charge is 0.339 e. The average molecular weight is 361 g/mol. The van der Waals surface area contributed by atoms with Crippen molar-refractivity contribution in [3.63, 3.8) is 0 Å². The maximum atomic E-state index is 12.9. The lowest BCUT2D eigenvalue weighted by Gasteiger charge is -2.33. The molecule has 5 nitrogen and oxygen atoms in total. The highest BCUT2D eigenvalue weighted by Gasteiger charge is 2.26. The first kappa shape index (κ1) is 17.5. The summed E-state index contributed by atoms with van der Waals surface area (Å²) in [5.41, 5.74) is 3.29. The summed E-state index contributed by atoms with van der Waals surface area (Å²) >= 11 is 0. The van der Waals surface area contributed by atoms with Gasteiger partial charge in [0.05, 0.1) is 24.3 Å². The highest BCUT2D eigenvalue weighted by atomic mass is 16.2. The van der Waals surface area contributed by atoms with Crippen LogP contribution < -0.4 is 5.43 Å². The first-order valence-corrected chi connectivity index (χ1v) is 9.43. The molecule has 3 aromatic rings. The Balaban J connectivity index is 1.51. The van der Waals surface area contributed by atoms with Crippen molar-refractivity contribution in [2.45, 2.75) is 38.3 Å². The Hall–Kier alpha value is -2.95. The van der Waals surface area contributed by atoms with Gasteiger partial charge in [-0.25, -0.2) is 0 Å². The molecule has 1 atom stereocenters. The van der Waals surface area contributed by atoms with Gasteiger partial charge in [-0.3, -0.25) is 14.3 Å². The first-order valence-electron chi connectivity index (χ1n) is 9.43. The summed E-state index contributed by atoms with van der Waals surface area (Å²) in [5.74, 6) is 0.0984. The normalized spacial score (nSPS) is 16.1. The summed E-state index contributed by atoms with van der Waals surface area (Å²) < 4.78 is 1.75. The molecule has 0 radical (unpaired) electrons. The van der Waals surface area contributed by atoms with Crippen LogP contribution in [0.25, 0.3) is 10.9 Å². The Labute approximate surface area is 158 Å². The minimum Gasteiger partial charge on any atom is -0.339 e. The zero-order valence-corrected chi connectivity index (χ0v) is 15.5. The van der Waals surface area contributed by atoms with Gasteiger partial charge in [0.15, 0.2) is 0 Å². The molecule has 5 heteroatoms. The lowest BCUT2D eigenvalue weighted by molar-refractivity contribution is -0.132. The summed E-state index contributed by atoms with van der Waals surface area (Å²) in [6, 6.07) is 15.9. The molecule has 1 heterocycles. The average Bonchev–Trinajstić information content (AvgIpc) is 2.72. The van der Waals surface area contributed by atoms with Crippen molar-refractivity contribution in [1.82, 2.24) is 14.7 Å². The summed E-state index contributed by atoms with van der Waals surface area (Å²) in [5, 5.41) is 4.85. The van der Waals surface area contributed by atoms with E-state index in [0.717, 1.165) is 24.8 Å². The van der Waals surface area contributed by atoms with E-state index in [-0.39, 0.29) is 17.4 Å². The van der Waals surface area contributed by atoms with Crippen LogP contribution in [0.15, 0.2) is 59.5 Å². The molecule has 138 valence electrons. The van der Waals surface area contributed by atoms with Crippen molar-refractivity contribution in [2.24, 2.45) is 0 Å². The fourth-order valence-electron chi connectivity index (χ4n) is 4.02. The van der Waals surface area contributed by atoms with Gasteiger partial charge in [0.1, 0.15) is 0 Å². The van der Waals surface area contributed by atoms with Crippen LogP contribution in [0.4, 0.5) is 0 Å². The van der Waals surface area contributed by atoms with Crippen molar-refractivity contribution in [1.29, 1.82) is 0 Å². The van der Waals surface area contributed by atoms with Crippen LogP contribution in [0.2, 0.25) is 0 Å². The monoisotopic (exact) mass is 361 g/mol. The predicted molar refractivity (Wildman–Crippen MR) is 106 cm³/mol. The number of aromatic nitrogens is 2. The number of fused-ring (bicyclic) bond motifs is 2. The maximum absolute atomic E-state index is 12.9. The predicted octanol–water partition coefficient (Wildman–Crippen LogP) is 3.32. The van der Waals surface area contributed by atoms with Crippen LogP contribution in [0.3, 0.4) is 0 Å². The number of amides is 1. The molecular weight excluding hydrogens is 338 g/mol. The van der Waals surface area contributed by atoms with Gasteiger partial charge in [-0.1, -0.05) is 36.4 Å². The molecule has 0 bridgehead atoms. The van der Waals surface area contributed by atoms with Gasteiger partial charge in [0, 0.05) is 18.9 Å². The van der Waals surface area contributed by atoms with Crippen molar-refractivity contribution >= 4 is 16.8 Å². The van der Waals surface area contributed by atoms with Gasteiger partial charge < -0.3 is 4.90 Å². The zero-order chi connectivity index (χ0) is 18.8. The Bertz CT molecular complexity index is 1040. The fraction of sp³-hybridized carbons (Fsp3) is 0.318. The van der Waals surface area contributed by atoms with Gasteiger partial charge in [0.2, 0.25) is 11.3 Å². The lowest BCUT2D eigenvalue weighted by Crippen LogP contribution is -2.34. The van der Waals surface area contributed by atoms with Gasteiger partial charge >= 0.3 is 0 Å². The minimum atomic E-state index is -0.0934. The van der Waals surface area contributed by atoms with Crippen LogP contribution in [-0.4, -0.2) is 27.6 Å². The van der Waals surface area contributed by atoms with Crippen LogP contribution in [0.5, 0.6) is 0 Å². The molecule has 1 aliphatic carbocycles. The molecule has 0 aliphatic heterocycles. The molecule has 0 N–H and O–H groups in total. The maximum Gasteiger partial charge on any atom is 0.224 e. The topological polar surface area (TPSA) is 55.2 Å². The molecule has 2 aromatic carbocycles. The van der Waals surface area contributed by atoms with E-state index in [4.69, 9.17) is 0 Å². The third-order valence-corrected chi connectivity index (χ3v) is 5.50. The number of para-hydroxylation sites is 1. The van der Waals surface area contributed by atoms with Crippen LogP contribution in [-0.2, 0) is 17.8 Å². The fourth-order valence-corrected chi connectivity index (χ4v) is 4.02. The molecule has 1 aliphatic rings. The Kier molecular flexibility index (Phi) is 4.75. The molecule has 0 saturated heterocycles. The van der Waals surface area contributed by atoms with Crippen molar-refractivity contribution in [2.75, 3.05) is 7.05 Å². The van der Waals surface area contributed by atoms with Crippen molar-refractivity contribution in [3.8, 4) is 0 Å². The third-order valence-electron chi connectivity index (χ3n) is 5.50. The second-order valence-electron chi connectivity index (χ2n) is 7.11. The van der Waals surface area contributed by atoms with Gasteiger partial charge in [-0.05, 0) is 42.5 Å². The number of hydrogen-bond acceptors (Lipinski definition) is 3. The molecule has 0 saturated carbocycles. The van der Waals surface area contributed by atoms with E-state index in [9.17, 15) is 9.59 Å². The number of carbonyl (C=O) groups is 1. The summed E-state index contributed by atoms with van der Waals surface area (Å²) in [7, 11) is 1.89. The van der Waals surface area contributed by atoms with E-state index in [1.165, 1.54) is 17.3 Å². The number of nitrogens with zero attached hydrogens (tertiary/aromatic N) is 3. The number of carbonyl (C=O) groups excluding carboxylic acids is 1. The third kappa shape index (κ3) is 3.37. The van der Waals surface area contributed by atoms with E-state index in [1.54, 1.807) is 10.7 Å². The van der Waals surface area contributed by atoms with E-state index in [0.29, 0.717) is 18.4 Å². The molecule has 0 spiro atoms. The van der Waals surface area contributed by atoms with E-state index in [2.05, 4.69) is 23.3 Å². The molecule has 1 amide bonds. The molecule has 1 aromatic heterocycles. The number of rotatable bonds is 4. The second-order valence-corrected chi connectivity index (χ2v) is 7.11. The smallest absolute Gasteiger partial charge is 0.224 e. The van der Waals surface area contributed by atoms with Crippen LogP contribution in [0.1, 0.15) is 36.4 Å². The molecule has 0 fully saturated rings. The van der Waals surface area contributed by atoms with Crippen LogP contribution in [0, 0.1) is 0 Å². The Morgan fingerprint density at radius 1 is 1.19 bits per heavy atom. The van der Waals surface area contributed by atoms with Gasteiger partial charge in [0.25, 0.3) is 0 Å². The molecule has 0 unspecified atom stereocenters. The van der Waals surface area contributed by atoms with E-state index < -0.39 is 0 Å².